The van der Waals surface area contributed by atoms with Crippen LogP contribution in [0.25, 0.3) is 10.9 Å². The summed E-state index contributed by atoms with van der Waals surface area (Å²) in [5, 5.41) is 15.8. The molecule has 1 aromatic heterocycles. The van der Waals surface area contributed by atoms with E-state index >= 15 is 0 Å². The fraction of sp³-hybridized carbons (Fsp3) is 0.710. The Bertz CT molecular complexity index is 860. The molecular formula is C31H50N2O. The number of unbranched alkanes of at least 4 members (excludes halogenated alkanes) is 13. The van der Waals surface area contributed by atoms with Crippen LogP contribution in [-0.2, 0) is 6.42 Å². The summed E-state index contributed by atoms with van der Waals surface area (Å²) in [7, 11) is 0. The third-order valence-electron chi connectivity index (χ3n) is 7.57. The fourth-order valence-corrected chi connectivity index (χ4v) is 5.65. The lowest BCUT2D eigenvalue weighted by Gasteiger charge is -2.35. The van der Waals surface area contributed by atoms with Gasteiger partial charge >= 0.3 is 0 Å². The number of anilines is 1. The van der Waals surface area contributed by atoms with Crippen molar-refractivity contribution < 1.29 is 5.11 Å². The van der Waals surface area contributed by atoms with Gasteiger partial charge in [0.15, 0.2) is 0 Å². The molecule has 1 heterocycles. The number of benzene rings is 1. The largest absolute Gasteiger partial charge is 0.388 e. The van der Waals surface area contributed by atoms with Gasteiger partial charge in [0.2, 0.25) is 0 Å². The average Bonchev–Trinajstić information content (AvgIpc) is 2.80. The predicted molar refractivity (Wildman–Crippen MR) is 148 cm³/mol. The molecule has 1 atom stereocenters. The lowest BCUT2D eigenvalue weighted by atomic mass is 9.74. The van der Waals surface area contributed by atoms with Crippen LogP contribution in [0.15, 0.2) is 24.3 Å². The maximum absolute atomic E-state index is 11.0. The third-order valence-corrected chi connectivity index (χ3v) is 7.57. The van der Waals surface area contributed by atoms with Crippen LogP contribution in [0.5, 0.6) is 0 Å². The molecule has 0 saturated carbocycles. The number of hydrogen-bond donors (Lipinski definition) is 2. The Morgan fingerprint density at radius 3 is 2.03 bits per heavy atom. The van der Waals surface area contributed by atoms with E-state index in [-0.39, 0.29) is 5.41 Å². The minimum absolute atomic E-state index is 0.0910. The number of aliphatic hydroxyl groups excluding tert-OH is 1. The highest BCUT2D eigenvalue weighted by Gasteiger charge is 2.34. The summed E-state index contributed by atoms with van der Waals surface area (Å²) >= 11 is 0. The van der Waals surface area contributed by atoms with E-state index in [0.717, 1.165) is 47.2 Å². The Kier molecular flexibility index (Phi) is 11.2. The Hall–Kier alpha value is -1.61. The van der Waals surface area contributed by atoms with Crippen LogP contribution in [-0.4, -0.2) is 16.6 Å². The van der Waals surface area contributed by atoms with Crippen molar-refractivity contribution >= 4 is 16.6 Å². The van der Waals surface area contributed by atoms with Crippen molar-refractivity contribution in [1.29, 1.82) is 0 Å². The minimum Gasteiger partial charge on any atom is -0.388 e. The highest BCUT2D eigenvalue weighted by atomic mass is 16.3. The number of pyridine rings is 1. The van der Waals surface area contributed by atoms with Gasteiger partial charge in [0.1, 0.15) is 0 Å². The van der Waals surface area contributed by atoms with Crippen LogP contribution in [0.3, 0.4) is 0 Å². The normalized spacial score (nSPS) is 17.1. The molecule has 0 fully saturated rings. The van der Waals surface area contributed by atoms with Gasteiger partial charge in [-0.25, -0.2) is 0 Å². The van der Waals surface area contributed by atoms with E-state index < -0.39 is 6.10 Å². The van der Waals surface area contributed by atoms with Gasteiger partial charge in [-0.1, -0.05) is 122 Å². The first kappa shape index (κ1) is 27.0. The summed E-state index contributed by atoms with van der Waals surface area (Å²) in [6.45, 7) is 7.72. The lowest BCUT2D eigenvalue weighted by Crippen LogP contribution is -2.27. The molecule has 0 spiro atoms. The zero-order chi connectivity index (χ0) is 24.2. The number of nitrogens with one attached hydrogen (secondary N) is 1. The smallest absolute Gasteiger partial charge is 0.0833 e. The molecule has 0 aliphatic heterocycles. The van der Waals surface area contributed by atoms with E-state index in [1.165, 1.54) is 89.9 Å². The van der Waals surface area contributed by atoms with Crippen LogP contribution in [0.2, 0.25) is 0 Å². The van der Waals surface area contributed by atoms with Crippen molar-refractivity contribution in [2.45, 2.75) is 130 Å². The molecule has 0 amide bonds. The van der Waals surface area contributed by atoms with E-state index in [1.807, 2.05) is 0 Å². The van der Waals surface area contributed by atoms with E-state index in [1.54, 1.807) is 0 Å². The fourth-order valence-electron chi connectivity index (χ4n) is 5.65. The molecule has 1 aliphatic carbocycles. The SMILES string of the molecule is CCCCCCCCCCCCCCCCNc1c2c(nc3ccccc13)CC(C)(C)C[C@H]2O. The van der Waals surface area contributed by atoms with Gasteiger partial charge in [0.25, 0.3) is 0 Å². The first-order valence-corrected chi connectivity index (χ1v) is 14.4. The van der Waals surface area contributed by atoms with Crippen LogP contribution < -0.4 is 5.32 Å². The van der Waals surface area contributed by atoms with Gasteiger partial charge in [-0.05, 0) is 30.7 Å². The molecule has 2 aromatic rings. The van der Waals surface area contributed by atoms with E-state index in [2.05, 4.69) is 50.4 Å². The van der Waals surface area contributed by atoms with Crippen molar-refractivity contribution in [3.63, 3.8) is 0 Å². The Morgan fingerprint density at radius 1 is 0.853 bits per heavy atom. The van der Waals surface area contributed by atoms with Gasteiger partial charge in [0.05, 0.1) is 17.3 Å². The standard InChI is InChI=1S/C31H50N2O/c1-4-5-6-7-8-9-10-11-12-13-14-15-16-19-22-32-30-25-20-17-18-21-26(25)33-27-23-31(2,3)24-28(34)29(27)30/h17-18,20-21,28,34H,4-16,19,22-24H2,1-3H3,(H,32,33)/t28-/m1/s1. The van der Waals surface area contributed by atoms with Crippen LogP contribution in [0.4, 0.5) is 5.69 Å². The molecule has 2 N–H and O–H groups in total. The van der Waals surface area contributed by atoms with E-state index in [4.69, 9.17) is 4.98 Å². The summed E-state index contributed by atoms with van der Waals surface area (Å²) < 4.78 is 0. The van der Waals surface area contributed by atoms with Gasteiger partial charge in [0, 0.05) is 23.2 Å². The molecular weight excluding hydrogens is 416 g/mol. The molecule has 1 aliphatic rings. The van der Waals surface area contributed by atoms with Gasteiger partial charge < -0.3 is 10.4 Å². The van der Waals surface area contributed by atoms with Gasteiger partial charge in [-0.2, -0.15) is 0 Å². The van der Waals surface area contributed by atoms with Gasteiger partial charge in [-0.3, -0.25) is 4.98 Å². The first-order valence-electron chi connectivity index (χ1n) is 14.4. The van der Waals surface area contributed by atoms with Crippen LogP contribution in [0.1, 0.15) is 134 Å². The average molecular weight is 467 g/mol. The third kappa shape index (κ3) is 8.26. The maximum Gasteiger partial charge on any atom is 0.0833 e. The summed E-state index contributed by atoms with van der Waals surface area (Å²) in [5.41, 5.74) is 4.37. The second kappa shape index (κ2) is 14.1. The van der Waals surface area contributed by atoms with Crippen LogP contribution >= 0.6 is 0 Å². The zero-order valence-electron chi connectivity index (χ0n) is 22.3. The van der Waals surface area contributed by atoms with Crippen molar-refractivity contribution in [3.8, 4) is 0 Å². The van der Waals surface area contributed by atoms with Crippen molar-refractivity contribution in [3.05, 3.63) is 35.5 Å². The Morgan fingerprint density at radius 2 is 1.41 bits per heavy atom. The monoisotopic (exact) mass is 466 g/mol. The maximum atomic E-state index is 11.0. The molecule has 3 nitrogen and oxygen atoms in total. The number of fused-ring (bicyclic) bond motifs is 2. The highest BCUT2D eigenvalue weighted by molar-refractivity contribution is 5.93. The molecule has 1 aromatic carbocycles. The summed E-state index contributed by atoms with van der Waals surface area (Å²) in [5.74, 6) is 0. The van der Waals surface area contributed by atoms with E-state index in [0.29, 0.717) is 0 Å². The number of para-hydroxylation sites is 1. The minimum atomic E-state index is -0.435. The van der Waals surface area contributed by atoms with Gasteiger partial charge in [-0.15, -0.1) is 0 Å². The number of hydrogen-bond acceptors (Lipinski definition) is 3. The zero-order valence-corrected chi connectivity index (χ0v) is 22.3. The molecule has 190 valence electrons. The Labute approximate surface area is 209 Å². The molecule has 34 heavy (non-hydrogen) atoms. The summed E-state index contributed by atoms with van der Waals surface area (Å²) in [6.07, 6.45) is 20.7. The molecule has 3 rings (SSSR count). The quantitative estimate of drug-likeness (QED) is 0.242. The topological polar surface area (TPSA) is 45.2 Å². The molecule has 0 radical (unpaired) electrons. The molecule has 3 heteroatoms. The highest BCUT2D eigenvalue weighted by Crippen LogP contribution is 2.45. The van der Waals surface area contributed by atoms with Crippen molar-refractivity contribution in [2.75, 3.05) is 11.9 Å². The first-order chi connectivity index (χ1) is 16.5. The Balaban J connectivity index is 1.36. The number of aliphatic hydroxyl groups is 1. The number of rotatable bonds is 16. The summed E-state index contributed by atoms with van der Waals surface area (Å²) in [4.78, 5) is 4.94. The predicted octanol–water partition coefficient (Wildman–Crippen LogP) is 9.13. The summed E-state index contributed by atoms with van der Waals surface area (Å²) in [6, 6.07) is 8.38. The molecule has 0 unspecified atom stereocenters. The number of nitrogens with zero attached hydrogens (tertiary/aromatic N) is 1. The second-order valence-corrected chi connectivity index (χ2v) is 11.4. The van der Waals surface area contributed by atoms with Crippen molar-refractivity contribution in [2.24, 2.45) is 5.41 Å². The number of aromatic nitrogens is 1. The molecule has 0 saturated heterocycles. The molecule has 0 bridgehead atoms. The lowest BCUT2D eigenvalue weighted by molar-refractivity contribution is 0.0991. The second-order valence-electron chi connectivity index (χ2n) is 11.4. The van der Waals surface area contributed by atoms with Crippen molar-refractivity contribution in [1.82, 2.24) is 4.98 Å². The van der Waals surface area contributed by atoms with E-state index in [9.17, 15) is 5.11 Å². The van der Waals surface area contributed by atoms with Crippen LogP contribution in [0, 0.1) is 5.41 Å².